The number of primary amides is 1. The van der Waals surface area contributed by atoms with Crippen LogP contribution in [0.2, 0.25) is 0 Å². The maximum Gasteiger partial charge on any atom is 0.232 e. The number of nitrogens with zero attached hydrogens (tertiary/aromatic N) is 1. The van der Waals surface area contributed by atoms with Crippen molar-refractivity contribution in [3.8, 4) is 0 Å². The molecule has 0 aromatic heterocycles. The number of rotatable bonds is 4. The fourth-order valence-corrected chi connectivity index (χ4v) is 3.82. The van der Waals surface area contributed by atoms with E-state index in [9.17, 15) is 9.59 Å². The zero-order valence-corrected chi connectivity index (χ0v) is 11.6. The van der Waals surface area contributed by atoms with Gasteiger partial charge in [-0.1, -0.05) is 19.3 Å². The molecule has 18 heavy (non-hydrogen) atoms. The Bertz CT molecular complexity index is 322. The summed E-state index contributed by atoms with van der Waals surface area (Å²) in [5, 5.41) is 0. The highest BCUT2D eigenvalue weighted by Gasteiger charge is 2.32. The molecule has 2 N–H and O–H groups in total. The molecule has 2 fully saturated rings. The summed E-state index contributed by atoms with van der Waals surface area (Å²) in [5.41, 5.74) is 5.06. The van der Waals surface area contributed by atoms with Gasteiger partial charge in [0, 0.05) is 13.1 Å². The van der Waals surface area contributed by atoms with Crippen molar-refractivity contribution in [2.75, 3.05) is 24.6 Å². The molecule has 2 amide bonds. The Balaban J connectivity index is 1.75. The summed E-state index contributed by atoms with van der Waals surface area (Å²) in [6.45, 7) is 1.83. The molecule has 0 spiro atoms. The summed E-state index contributed by atoms with van der Waals surface area (Å²) in [7, 11) is 0. The fraction of sp³-hybridized carbons (Fsp3) is 0.846. The predicted octanol–water partition coefficient (Wildman–Crippen LogP) is 1.24. The lowest BCUT2D eigenvalue weighted by atomic mass is 9.75. The summed E-state index contributed by atoms with van der Waals surface area (Å²) in [4.78, 5) is 24.6. The van der Waals surface area contributed by atoms with E-state index in [4.69, 9.17) is 5.73 Å². The molecule has 4 nitrogen and oxygen atoms in total. The van der Waals surface area contributed by atoms with E-state index in [1.165, 1.54) is 37.4 Å². The van der Waals surface area contributed by atoms with Gasteiger partial charge in [0.1, 0.15) is 0 Å². The Labute approximate surface area is 113 Å². The van der Waals surface area contributed by atoms with Crippen molar-refractivity contribution in [1.82, 2.24) is 4.90 Å². The van der Waals surface area contributed by atoms with E-state index >= 15 is 0 Å². The minimum Gasteiger partial charge on any atom is -0.369 e. The van der Waals surface area contributed by atoms with Crippen molar-refractivity contribution in [2.24, 2.45) is 17.6 Å². The minimum absolute atomic E-state index is 0.172. The van der Waals surface area contributed by atoms with E-state index in [0.29, 0.717) is 5.75 Å². The van der Waals surface area contributed by atoms with Crippen LogP contribution in [0.15, 0.2) is 0 Å². The van der Waals surface area contributed by atoms with Crippen LogP contribution in [-0.2, 0) is 9.59 Å². The van der Waals surface area contributed by atoms with Crippen molar-refractivity contribution >= 4 is 23.6 Å². The smallest absolute Gasteiger partial charge is 0.232 e. The van der Waals surface area contributed by atoms with Crippen molar-refractivity contribution in [2.45, 2.75) is 32.1 Å². The first-order valence-corrected chi connectivity index (χ1v) is 7.96. The van der Waals surface area contributed by atoms with Crippen LogP contribution in [0.3, 0.4) is 0 Å². The van der Waals surface area contributed by atoms with Gasteiger partial charge < -0.3 is 10.6 Å². The normalized spacial score (nSPS) is 27.7. The number of nitrogens with two attached hydrogens (primary N) is 1. The van der Waals surface area contributed by atoms with Crippen LogP contribution in [0.25, 0.3) is 0 Å². The van der Waals surface area contributed by atoms with E-state index in [1.54, 1.807) is 0 Å². The molecule has 2 aliphatic rings. The fourth-order valence-electron chi connectivity index (χ4n) is 3.16. The van der Waals surface area contributed by atoms with Crippen LogP contribution in [0.4, 0.5) is 0 Å². The standard InChI is InChI=1S/C13H22N2O2S/c14-12(16)8-18-9-13(17)15-6-5-10-3-1-2-4-11(10)7-15/h10-11H,1-9H2,(H2,14,16)/t10-,11-/m1/s1. The molecule has 2 atom stereocenters. The topological polar surface area (TPSA) is 63.4 Å². The highest BCUT2D eigenvalue weighted by Crippen LogP contribution is 2.36. The summed E-state index contributed by atoms with van der Waals surface area (Å²) >= 11 is 1.33. The van der Waals surface area contributed by atoms with Gasteiger partial charge in [-0.3, -0.25) is 9.59 Å². The largest absolute Gasteiger partial charge is 0.369 e. The molecule has 0 radical (unpaired) electrons. The van der Waals surface area contributed by atoms with Gasteiger partial charge in [-0.2, -0.15) is 0 Å². The van der Waals surface area contributed by atoms with Gasteiger partial charge in [0.05, 0.1) is 11.5 Å². The van der Waals surface area contributed by atoms with Gasteiger partial charge in [0.15, 0.2) is 0 Å². The molecule has 0 bridgehead atoms. The van der Waals surface area contributed by atoms with E-state index < -0.39 is 0 Å². The van der Waals surface area contributed by atoms with E-state index in [2.05, 4.69) is 0 Å². The lowest BCUT2D eigenvalue weighted by Crippen LogP contribution is -2.45. The van der Waals surface area contributed by atoms with E-state index in [0.717, 1.165) is 31.3 Å². The Morgan fingerprint density at radius 1 is 1.11 bits per heavy atom. The summed E-state index contributed by atoms with van der Waals surface area (Å²) in [6.07, 6.45) is 6.48. The van der Waals surface area contributed by atoms with Crippen molar-refractivity contribution < 1.29 is 9.59 Å². The zero-order valence-electron chi connectivity index (χ0n) is 10.8. The van der Waals surface area contributed by atoms with Crippen molar-refractivity contribution in [1.29, 1.82) is 0 Å². The van der Waals surface area contributed by atoms with Gasteiger partial charge in [0.2, 0.25) is 11.8 Å². The first kappa shape index (κ1) is 13.7. The number of likely N-dealkylation sites (tertiary alicyclic amines) is 1. The summed E-state index contributed by atoms with van der Waals surface area (Å²) < 4.78 is 0. The van der Waals surface area contributed by atoms with Crippen LogP contribution in [0, 0.1) is 11.8 Å². The Morgan fingerprint density at radius 3 is 2.56 bits per heavy atom. The van der Waals surface area contributed by atoms with Gasteiger partial charge >= 0.3 is 0 Å². The second-order valence-electron chi connectivity index (χ2n) is 5.39. The first-order chi connectivity index (χ1) is 8.66. The summed E-state index contributed by atoms with van der Waals surface area (Å²) in [5.74, 6) is 2.02. The number of hydrogen-bond donors (Lipinski definition) is 1. The van der Waals surface area contributed by atoms with Crippen LogP contribution in [-0.4, -0.2) is 41.3 Å². The zero-order chi connectivity index (χ0) is 13.0. The van der Waals surface area contributed by atoms with Gasteiger partial charge in [0.25, 0.3) is 0 Å². The average molecular weight is 270 g/mol. The highest BCUT2D eigenvalue weighted by molar-refractivity contribution is 8.00. The quantitative estimate of drug-likeness (QED) is 0.836. The number of carbonyl (C=O) groups is 2. The number of carbonyl (C=O) groups excluding carboxylic acids is 2. The molecule has 0 unspecified atom stereocenters. The van der Waals surface area contributed by atoms with Gasteiger partial charge in [-0.05, 0) is 24.7 Å². The number of amides is 2. The van der Waals surface area contributed by atoms with Crippen LogP contribution in [0.1, 0.15) is 32.1 Å². The molecule has 102 valence electrons. The molecule has 0 aromatic rings. The van der Waals surface area contributed by atoms with E-state index in [1.807, 2.05) is 4.90 Å². The molecule has 0 aromatic carbocycles. The maximum atomic E-state index is 12.0. The Kier molecular flexibility index (Phi) is 4.92. The third-order valence-corrected chi connectivity index (χ3v) is 5.05. The Hall–Kier alpha value is -0.710. The third kappa shape index (κ3) is 3.64. The molecule has 5 heteroatoms. The Morgan fingerprint density at radius 2 is 1.83 bits per heavy atom. The molecular weight excluding hydrogens is 248 g/mol. The molecule has 1 saturated heterocycles. The van der Waals surface area contributed by atoms with Crippen LogP contribution >= 0.6 is 11.8 Å². The second-order valence-corrected chi connectivity index (χ2v) is 6.38. The monoisotopic (exact) mass is 270 g/mol. The van der Waals surface area contributed by atoms with E-state index in [-0.39, 0.29) is 17.6 Å². The molecule has 1 aliphatic carbocycles. The molecule has 1 heterocycles. The molecule has 1 aliphatic heterocycles. The van der Waals surface area contributed by atoms with Crippen LogP contribution < -0.4 is 5.73 Å². The van der Waals surface area contributed by atoms with Gasteiger partial charge in [-0.15, -0.1) is 11.8 Å². The minimum atomic E-state index is -0.348. The van der Waals surface area contributed by atoms with Crippen molar-refractivity contribution in [3.05, 3.63) is 0 Å². The third-order valence-electron chi connectivity index (χ3n) is 4.11. The maximum absolute atomic E-state index is 12.0. The lowest BCUT2D eigenvalue weighted by Gasteiger charge is -2.41. The number of fused-ring (bicyclic) bond motifs is 1. The average Bonchev–Trinajstić information content (AvgIpc) is 2.37. The predicted molar refractivity (Wildman–Crippen MR) is 73.2 cm³/mol. The number of hydrogen-bond acceptors (Lipinski definition) is 3. The number of piperidine rings is 1. The summed E-state index contributed by atoms with van der Waals surface area (Å²) in [6, 6.07) is 0. The van der Waals surface area contributed by atoms with Crippen molar-refractivity contribution in [3.63, 3.8) is 0 Å². The SMILES string of the molecule is NC(=O)CSCC(=O)N1CC[C@H]2CCCC[C@@H]2C1. The lowest BCUT2D eigenvalue weighted by molar-refractivity contribution is -0.131. The van der Waals surface area contributed by atoms with Crippen LogP contribution in [0.5, 0.6) is 0 Å². The number of thioether (sulfide) groups is 1. The first-order valence-electron chi connectivity index (χ1n) is 6.80. The molecule has 1 saturated carbocycles. The van der Waals surface area contributed by atoms with Gasteiger partial charge in [-0.25, -0.2) is 0 Å². The molecular formula is C13H22N2O2S. The second kappa shape index (κ2) is 6.45. The molecule has 2 rings (SSSR count). The highest BCUT2D eigenvalue weighted by atomic mass is 32.2.